The lowest BCUT2D eigenvalue weighted by Crippen LogP contribution is -2.58. The number of ether oxygens (including phenoxy) is 1. The van der Waals surface area contributed by atoms with Crippen LogP contribution in [0.1, 0.15) is 44.2 Å². The summed E-state index contributed by atoms with van der Waals surface area (Å²) in [4.78, 5) is 43.8. The first-order chi connectivity index (χ1) is 20.1. The van der Waals surface area contributed by atoms with Crippen molar-refractivity contribution in [2.24, 2.45) is 23.7 Å². The van der Waals surface area contributed by atoms with E-state index in [-0.39, 0.29) is 23.8 Å². The highest BCUT2D eigenvalue weighted by molar-refractivity contribution is 6.31. The Morgan fingerprint density at radius 1 is 1.07 bits per heavy atom. The van der Waals surface area contributed by atoms with Crippen LogP contribution in [0.4, 0.5) is 5.69 Å². The molecule has 8 atom stereocenters. The number of nitrogens with zero attached hydrogens (tertiary/aromatic N) is 1. The molecule has 2 bridgehead atoms. The first-order valence-corrected chi connectivity index (χ1v) is 15.6. The van der Waals surface area contributed by atoms with E-state index in [1.807, 2.05) is 49.4 Å². The third-order valence-electron chi connectivity index (χ3n) is 9.95. The van der Waals surface area contributed by atoms with Crippen molar-refractivity contribution in [1.29, 1.82) is 0 Å². The number of fused-ring (bicyclic) bond motifs is 1. The lowest BCUT2D eigenvalue weighted by atomic mass is 9.73. The zero-order chi connectivity index (χ0) is 29.8. The summed E-state index contributed by atoms with van der Waals surface area (Å²) in [5.41, 5.74) is 1.25. The number of likely N-dealkylation sites (tertiary alicyclic amines) is 1. The zero-order valence-electron chi connectivity index (χ0n) is 24.1. The zero-order valence-corrected chi connectivity index (χ0v) is 25.6. The fraction of sp³-hybridized carbons (Fsp3) is 0.485. The maximum absolute atomic E-state index is 14.2. The van der Waals surface area contributed by atoms with E-state index in [1.54, 1.807) is 17.0 Å². The molecule has 1 spiro atoms. The summed E-state index contributed by atoms with van der Waals surface area (Å²) in [7, 11) is 0. The molecule has 2 N–H and O–H groups in total. The molecular weight excluding hydrogens is 573 g/mol. The van der Waals surface area contributed by atoms with Gasteiger partial charge in [-0.1, -0.05) is 80.2 Å². The number of carbonyl (C=O) groups is 3. The number of hydrogen-bond donors (Lipinski definition) is 2. The van der Waals surface area contributed by atoms with Crippen molar-refractivity contribution >= 4 is 46.6 Å². The molecule has 2 aromatic carbocycles. The molecule has 6 rings (SSSR count). The number of nitrogens with one attached hydrogen (secondary N) is 2. The SMILES string of the molecule is Cc1ccc(NC(=O)[C@@H]2[C@@H]3C=C[C@]4(O3)[C@@H]2C(=O)N(CCc2ccc(Cl)cc2)[C@H]4C(=O)N[C@@H]2CCC[C@@H](C)[C@@H]2C)cc1Cl. The van der Waals surface area contributed by atoms with Gasteiger partial charge in [0.25, 0.3) is 0 Å². The average molecular weight is 611 g/mol. The first-order valence-electron chi connectivity index (χ1n) is 14.9. The molecule has 0 aromatic heterocycles. The van der Waals surface area contributed by atoms with Crippen molar-refractivity contribution < 1.29 is 19.1 Å². The predicted molar refractivity (Wildman–Crippen MR) is 163 cm³/mol. The van der Waals surface area contributed by atoms with Gasteiger partial charge in [-0.2, -0.15) is 0 Å². The maximum Gasteiger partial charge on any atom is 0.246 e. The van der Waals surface area contributed by atoms with Crippen molar-refractivity contribution in [2.45, 2.75) is 70.2 Å². The normalized spacial score (nSPS) is 33.1. The van der Waals surface area contributed by atoms with Crippen LogP contribution in [-0.2, 0) is 25.5 Å². The minimum absolute atomic E-state index is 0.0258. The Hall–Kier alpha value is -2.87. The van der Waals surface area contributed by atoms with Gasteiger partial charge < -0.3 is 20.3 Å². The molecule has 9 heteroatoms. The van der Waals surface area contributed by atoms with E-state index in [0.717, 1.165) is 30.4 Å². The van der Waals surface area contributed by atoms with Gasteiger partial charge in [0.1, 0.15) is 11.6 Å². The van der Waals surface area contributed by atoms with Crippen LogP contribution in [0.25, 0.3) is 0 Å². The van der Waals surface area contributed by atoms with Gasteiger partial charge in [-0.15, -0.1) is 0 Å². The van der Waals surface area contributed by atoms with E-state index in [4.69, 9.17) is 27.9 Å². The third-order valence-corrected chi connectivity index (χ3v) is 10.6. The van der Waals surface area contributed by atoms with E-state index in [1.165, 1.54) is 0 Å². The van der Waals surface area contributed by atoms with Crippen LogP contribution >= 0.6 is 23.2 Å². The lowest BCUT2D eigenvalue weighted by molar-refractivity contribution is -0.141. The van der Waals surface area contributed by atoms with Gasteiger partial charge in [0.05, 0.1) is 17.9 Å². The van der Waals surface area contributed by atoms with Crippen LogP contribution in [-0.4, -0.2) is 53.0 Å². The Balaban J connectivity index is 1.30. The number of benzene rings is 2. The minimum Gasteiger partial charge on any atom is -0.359 e. The quantitative estimate of drug-likeness (QED) is 0.401. The molecule has 2 aromatic rings. The third kappa shape index (κ3) is 5.03. The molecule has 0 unspecified atom stereocenters. The van der Waals surface area contributed by atoms with Gasteiger partial charge in [-0.3, -0.25) is 14.4 Å². The number of halogens is 2. The summed E-state index contributed by atoms with van der Waals surface area (Å²) in [6.07, 6.45) is 6.74. The number of aryl methyl sites for hydroxylation is 1. The van der Waals surface area contributed by atoms with Crippen molar-refractivity contribution in [3.63, 3.8) is 0 Å². The predicted octanol–water partition coefficient (Wildman–Crippen LogP) is 5.57. The smallest absolute Gasteiger partial charge is 0.246 e. The van der Waals surface area contributed by atoms with Crippen LogP contribution < -0.4 is 10.6 Å². The van der Waals surface area contributed by atoms with E-state index in [2.05, 4.69) is 24.5 Å². The highest BCUT2D eigenvalue weighted by Gasteiger charge is 2.72. The van der Waals surface area contributed by atoms with Gasteiger partial charge in [0.15, 0.2) is 0 Å². The highest BCUT2D eigenvalue weighted by Crippen LogP contribution is 2.55. The summed E-state index contributed by atoms with van der Waals surface area (Å²) in [5, 5.41) is 7.43. The van der Waals surface area contributed by atoms with Crippen molar-refractivity contribution in [1.82, 2.24) is 10.2 Å². The summed E-state index contributed by atoms with van der Waals surface area (Å²) < 4.78 is 6.50. The molecule has 3 aliphatic heterocycles. The molecular formula is C33H37Cl2N3O4. The molecule has 2 saturated heterocycles. The summed E-state index contributed by atoms with van der Waals surface area (Å²) in [6, 6.07) is 12.0. The van der Waals surface area contributed by atoms with Gasteiger partial charge in [-0.05, 0) is 67.0 Å². The van der Waals surface area contributed by atoms with E-state index < -0.39 is 29.6 Å². The Morgan fingerprint density at radius 2 is 1.83 bits per heavy atom. The second-order valence-corrected chi connectivity index (χ2v) is 13.3. The second kappa shape index (κ2) is 11.3. The van der Waals surface area contributed by atoms with Crippen LogP contribution in [0, 0.1) is 30.6 Å². The largest absolute Gasteiger partial charge is 0.359 e. The van der Waals surface area contributed by atoms with Crippen molar-refractivity contribution in [2.75, 3.05) is 11.9 Å². The van der Waals surface area contributed by atoms with Crippen LogP contribution in [0.3, 0.4) is 0 Å². The van der Waals surface area contributed by atoms with Gasteiger partial charge >= 0.3 is 0 Å². The van der Waals surface area contributed by atoms with Crippen LogP contribution in [0.2, 0.25) is 10.0 Å². The first kappa shape index (κ1) is 29.2. The standard InChI is InChI=1S/C33H37Cl2N3O4/c1-18-5-4-6-25(20(18)3)37-31(40)29-33-15-13-26(42-33)27(30(39)36-23-12-7-19(2)24(35)17-23)28(33)32(41)38(29)16-14-21-8-10-22(34)11-9-21/h7-13,15,17-18,20,25-29H,4-6,14,16H2,1-3H3,(H,36,39)(H,37,40)/t18-,20+,25-,26+,27-,28+,29+,33+/m1/s1. The average Bonchev–Trinajstić information content (AvgIpc) is 3.60. The van der Waals surface area contributed by atoms with Gasteiger partial charge in [0.2, 0.25) is 17.7 Å². The molecule has 1 aliphatic carbocycles. The number of anilines is 1. The van der Waals surface area contributed by atoms with Crippen molar-refractivity contribution in [3.8, 4) is 0 Å². The number of carbonyl (C=O) groups excluding carboxylic acids is 3. The second-order valence-electron chi connectivity index (χ2n) is 12.4. The molecule has 222 valence electrons. The molecule has 0 radical (unpaired) electrons. The Labute approximate surface area is 257 Å². The Bertz CT molecular complexity index is 1430. The lowest BCUT2D eigenvalue weighted by Gasteiger charge is -2.38. The summed E-state index contributed by atoms with van der Waals surface area (Å²) in [5.74, 6) is -1.52. The van der Waals surface area contributed by atoms with E-state index in [0.29, 0.717) is 40.5 Å². The summed E-state index contributed by atoms with van der Waals surface area (Å²) >= 11 is 12.4. The van der Waals surface area contributed by atoms with Crippen LogP contribution in [0.15, 0.2) is 54.6 Å². The molecule has 1 saturated carbocycles. The van der Waals surface area contributed by atoms with Gasteiger partial charge in [-0.25, -0.2) is 0 Å². The molecule has 4 aliphatic rings. The topological polar surface area (TPSA) is 87.7 Å². The molecule has 3 heterocycles. The highest BCUT2D eigenvalue weighted by atomic mass is 35.5. The van der Waals surface area contributed by atoms with E-state index in [9.17, 15) is 14.4 Å². The monoisotopic (exact) mass is 609 g/mol. The molecule has 7 nitrogen and oxygen atoms in total. The van der Waals surface area contributed by atoms with Gasteiger partial charge in [0, 0.05) is 28.3 Å². The molecule has 3 fully saturated rings. The van der Waals surface area contributed by atoms with Crippen molar-refractivity contribution in [3.05, 3.63) is 75.8 Å². The minimum atomic E-state index is -1.21. The molecule has 42 heavy (non-hydrogen) atoms. The van der Waals surface area contributed by atoms with E-state index >= 15 is 0 Å². The Kier molecular flexibility index (Phi) is 7.88. The fourth-order valence-electron chi connectivity index (χ4n) is 7.35. The van der Waals surface area contributed by atoms with Crippen LogP contribution in [0.5, 0.6) is 0 Å². The number of amides is 3. The maximum atomic E-state index is 14.2. The number of rotatable bonds is 7. The Morgan fingerprint density at radius 3 is 2.57 bits per heavy atom. The fourth-order valence-corrected chi connectivity index (χ4v) is 7.66. The molecule has 3 amide bonds. The summed E-state index contributed by atoms with van der Waals surface area (Å²) in [6.45, 7) is 6.62. The number of hydrogen-bond acceptors (Lipinski definition) is 4.